The summed E-state index contributed by atoms with van der Waals surface area (Å²) in [4.78, 5) is 22.8. The number of nitrogens with zero attached hydrogens (tertiary/aromatic N) is 1. The van der Waals surface area contributed by atoms with Gasteiger partial charge in [0.15, 0.2) is 0 Å². The molecule has 1 unspecified atom stereocenters. The summed E-state index contributed by atoms with van der Waals surface area (Å²) in [5.74, 6) is 0.152. The number of carbonyl (C=O) groups is 2. The molecule has 0 radical (unpaired) electrons. The Bertz CT molecular complexity index is 857. The average molecular weight is 381 g/mol. The Hall–Kier alpha value is -2.35. The number of rotatable bonds is 3. The Kier molecular flexibility index (Phi) is 4.69. The third kappa shape index (κ3) is 2.90. The van der Waals surface area contributed by atoms with Gasteiger partial charge < -0.3 is 9.84 Å². The highest BCUT2D eigenvalue weighted by atomic mass is 16.6. The van der Waals surface area contributed by atoms with Crippen LogP contribution < -0.4 is 0 Å². The molecule has 3 aliphatic carbocycles. The molecule has 3 aliphatic rings. The molecule has 0 heterocycles. The number of nitriles is 1. The van der Waals surface area contributed by atoms with Crippen LogP contribution in [-0.4, -0.2) is 17.0 Å². The molecule has 1 aromatic carbocycles. The molecule has 0 aliphatic heterocycles. The fraction of sp³-hybridized carbons (Fsp3) is 0.609. The maximum absolute atomic E-state index is 11.5. The van der Waals surface area contributed by atoms with Crippen LogP contribution >= 0.6 is 0 Å². The number of aliphatic carboxylic acids is 1. The Morgan fingerprint density at radius 2 is 2.07 bits per heavy atom. The van der Waals surface area contributed by atoms with Gasteiger partial charge in [-0.25, -0.2) is 4.79 Å². The fourth-order valence-corrected chi connectivity index (χ4v) is 6.40. The quantitative estimate of drug-likeness (QED) is 0.786. The van der Waals surface area contributed by atoms with E-state index in [0.29, 0.717) is 23.3 Å². The molecule has 0 amide bonds. The molecule has 2 saturated carbocycles. The summed E-state index contributed by atoms with van der Waals surface area (Å²) in [5.41, 5.74) is 3.20. The summed E-state index contributed by atoms with van der Waals surface area (Å²) in [7, 11) is 0. The number of fused-ring (bicyclic) bond motifs is 5. The first-order valence-electron chi connectivity index (χ1n) is 10.3. The van der Waals surface area contributed by atoms with Crippen molar-refractivity contribution in [2.75, 3.05) is 0 Å². The largest absolute Gasteiger partial charge is 0.478 e. The number of aryl methyl sites for hydroxylation is 1. The first-order valence-corrected chi connectivity index (χ1v) is 10.3. The second-order valence-corrected chi connectivity index (χ2v) is 9.01. The molecule has 4 rings (SSSR count). The predicted molar refractivity (Wildman–Crippen MR) is 102 cm³/mol. The second kappa shape index (κ2) is 6.92. The molecule has 0 spiro atoms. The van der Waals surface area contributed by atoms with Crippen molar-refractivity contribution in [1.29, 1.82) is 5.26 Å². The van der Waals surface area contributed by atoms with Crippen LogP contribution in [0.15, 0.2) is 18.2 Å². The summed E-state index contributed by atoms with van der Waals surface area (Å²) >= 11 is 0. The lowest BCUT2D eigenvalue weighted by molar-refractivity contribution is -0.163. The van der Waals surface area contributed by atoms with E-state index >= 15 is 0 Å². The van der Waals surface area contributed by atoms with Crippen LogP contribution in [-0.2, 0) is 20.7 Å². The molecule has 28 heavy (non-hydrogen) atoms. The van der Waals surface area contributed by atoms with Crippen molar-refractivity contribution >= 4 is 11.9 Å². The maximum Gasteiger partial charge on any atom is 0.349 e. The number of benzene rings is 1. The van der Waals surface area contributed by atoms with Gasteiger partial charge >= 0.3 is 11.9 Å². The number of carboxylic acids is 1. The number of ether oxygens (including phenoxy) is 1. The minimum Gasteiger partial charge on any atom is -0.478 e. The van der Waals surface area contributed by atoms with Gasteiger partial charge in [-0.1, -0.05) is 25.1 Å². The van der Waals surface area contributed by atoms with Gasteiger partial charge in [-0.2, -0.15) is 5.26 Å². The lowest BCUT2D eigenvalue weighted by Gasteiger charge is -2.50. The zero-order valence-corrected chi connectivity index (χ0v) is 16.5. The highest BCUT2D eigenvalue weighted by Gasteiger charge is 2.54. The van der Waals surface area contributed by atoms with Gasteiger partial charge in [-0.05, 0) is 72.8 Å². The Balaban J connectivity index is 1.62. The first-order chi connectivity index (χ1) is 13.3. The topological polar surface area (TPSA) is 87.4 Å². The molecule has 1 N–H and O–H groups in total. The summed E-state index contributed by atoms with van der Waals surface area (Å²) in [6.45, 7) is 3.55. The van der Waals surface area contributed by atoms with E-state index in [2.05, 4.69) is 19.1 Å². The van der Waals surface area contributed by atoms with E-state index in [-0.39, 0.29) is 11.3 Å². The molecular formula is C23H27NO4. The van der Waals surface area contributed by atoms with E-state index in [1.54, 1.807) is 0 Å². The van der Waals surface area contributed by atoms with Crippen molar-refractivity contribution in [3.63, 3.8) is 0 Å². The minimum absolute atomic E-state index is 0.150. The summed E-state index contributed by atoms with van der Waals surface area (Å²) in [6.07, 6.45) is 5.11. The van der Waals surface area contributed by atoms with Gasteiger partial charge in [-0.3, -0.25) is 4.79 Å². The van der Waals surface area contributed by atoms with E-state index in [1.807, 2.05) is 12.1 Å². The van der Waals surface area contributed by atoms with Crippen LogP contribution in [0.1, 0.15) is 74.7 Å². The Morgan fingerprint density at radius 1 is 1.29 bits per heavy atom. The zero-order valence-electron chi connectivity index (χ0n) is 16.5. The van der Waals surface area contributed by atoms with Gasteiger partial charge in [0.2, 0.25) is 6.10 Å². The van der Waals surface area contributed by atoms with Crippen LogP contribution in [0.3, 0.4) is 0 Å². The number of carbonyl (C=O) groups excluding carboxylic acids is 1. The van der Waals surface area contributed by atoms with Crippen molar-refractivity contribution < 1.29 is 19.4 Å². The SMILES string of the molecule is CC(=O)OC(C(=O)O)c1ccc2c(c1)CC[C@@H]1[C@@H]2CC[C@]2(C)[C@@H](C#N)CC[C@@H]12. The molecule has 0 aromatic heterocycles. The summed E-state index contributed by atoms with van der Waals surface area (Å²) in [5, 5.41) is 19.0. The van der Waals surface area contributed by atoms with E-state index in [9.17, 15) is 20.0 Å². The molecule has 6 atom stereocenters. The number of carboxylic acid groups (broad SMARTS) is 1. The van der Waals surface area contributed by atoms with Crippen molar-refractivity contribution in [3.8, 4) is 6.07 Å². The van der Waals surface area contributed by atoms with Gasteiger partial charge in [0.25, 0.3) is 0 Å². The molecule has 1 aromatic rings. The molecule has 148 valence electrons. The lowest BCUT2D eigenvalue weighted by atomic mass is 9.54. The third-order valence-electron chi connectivity index (χ3n) is 7.72. The molecular weight excluding hydrogens is 354 g/mol. The summed E-state index contributed by atoms with van der Waals surface area (Å²) < 4.78 is 5.02. The van der Waals surface area contributed by atoms with E-state index < -0.39 is 18.0 Å². The van der Waals surface area contributed by atoms with Crippen LogP contribution in [0.5, 0.6) is 0 Å². The average Bonchev–Trinajstić information content (AvgIpc) is 3.01. The standard InChI is InChI=1S/C23H27NO4/c1-13(25)28-21(22(26)27)15-4-6-17-14(11-15)3-7-19-18(17)9-10-23(2)16(12-24)5-8-20(19)23/h4,6,11,16,18-21H,3,5,7-10H2,1-2H3,(H,26,27)/t16-,18-,19-,20+,21?,23-/m1/s1. The molecule has 0 bridgehead atoms. The van der Waals surface area contributed by atoms with E-state index in [1.165, 1.54) is 18.1 Å². The van der Waals surface area contributed by atoms with Gasteiger partial charge in [0, 0.05) is 12.5 Å². The van der Waals surface area contributed by atoms with Crippen LogP contribution in [0.25, 0.3) is 0 Å². The van der Waals surface area contributed by atoms with E-state index in [4.69, 9.17) is 4.74 Å². The Labute approximate surface area is 165 Å². The third-order valence-corrected chi connectivity index (χ3v) is 7.72. The predicted octanol–water partition coefficient (Wildman–Crippen LogP) is 4.37. The summed E-state index contributed by atoms with van der Waals surface area (Å²) in [6, 6.07) is 8.36. The van der Waals surface area contributed by atoms with Gasteiger partial charge in [-0.15, -0.1) is 0 Å². The van der Waals surface area contributed by atoms with Crippen molar-refractivity contribution in [3.05, 3.63) is 34.9 Å². The van der Waals surface area contributed by atoms with Crippen molar-refractivity contribution in [1.82, 2.24) is 0 Å². The maximum atomic E-state index is 11.5. The molecule has 5 nitrogen and oxygen atoms in total. The number of hydrogen-bond donors (Lipinski definition) is 1. The molecule has 5 heteroatoms. The minimum atomic E-state index is -1.25. The van der Waals surface area contributed by atoms with Gasteiger partial charge in [0.1, 0.15) is 0 Å². The zero-order chi connectivity index (χ0) is 20.1. The lowest BCUT2D eigenvalue weighted by Crippen LogP contribution is -2.42. The van der Waals surface area contributed by atoms with Crippen molar-refractivity contribution in [2.24, 2.45) is 23.2 Å². The van der Waals surface area contributed by atoms with Gasteiger partial charge in [0.05, 0.1) is 12.0 Å². The molecule has 2 fully saturated rings. The van der Waals surface area contributed by atoms with E-state index in [0.717, 1.165) is 38.5 Å². The van der Waals surface area contributed by atoms with Crippen LogP contribution in [0.2, 0.25) is 0 Å². The second-order valence-electron chi connectivity index (χ2n) is 9.01. The van der Waals surface area contributed by atoms with Crippen LogP contribution in [0.4, 0.5) is 0 Å². The smallest absolute Gasteiger partial charge is 0.349 e. The normalized spacial score (nSPS) is 34.3. The Morgan fingerprint density at radius 3 is 2.75 bits per heavy atom. The number of hydrogen-bond acceptors (Lipinski definition) is 4. The molecule has 0 saturated heterocycles. The van der Waals surface area contributed by atoms with Crippen molar-refractivity contribution in [2.45, 2.75) is 64.4 Å². The van der Waals surface area contributed by atoms with Crippen LogP contribution in [0, 0.1) is 34.5 Å². The fourth-order valence-electron chi connectivity index (χ4n) is 6.40. The number of esters is 1. The highest BCUT2D eigenvalue weighted by Crippen LogP contribution is 2.62. The monoisotopic (exact) mass is 381 g/mol. The highest BCUT2D eigenvalue weighted by molar-refractivity contribution is 5.78. The first kappa shape index (κ1) is 19.0.